The molecule has 0 unspecified atom stereocenters. The van der Waals surface area contributed by atoms with Gasteiger partial charge in [-0.3, -0.25) is 0 Å². The van der Waals surface area contributed by atoms with Gasteiger partial charge in [0.1, 0.15) is 12.4 Å². The lowest BCUT2D eigenvalue weighted by molar-refractivity contribution is 0.0399. The fraction of sp³-hybridized carbons (Fsp3) is 0.500. The minimum absolute atomic E-state index is 0.558. The molecule has 0 amide bonds. The van der Waals surface area contributed by atoms with Crippen LogP contribution in [0.3, 0.4) is 0 Å². The van der Waals surface area contributed by atoms with Crippen LogP contribution in [-0.2, 0) is 4.74 Å². The van der Waals surface area contributed by atoms with Crippen molar-refractivity contribution >= 4 is 5.70 Å². The van der Waals surface area contributed by atoms with Crippen LogP contribution in [0.2, 0.25) is 0 Å². The molecule has 22 heavy (non-hydrogen) atoms. The number of ether oxygens (including phenoxy) is 1. The van der Waals surface area contributed by atoms with Gasteiger partial charge in [-0.15, -0.1) is 5.10 Å². The van der Waals surface area contributed by atoms with E-state index >= 15 is 0 Å². The van der Waals surface area contributed by atoms with Crippen LogP contribution in [0.25, 0.3) is 5.70 Å². The fourth-order valence-corrected chi connectivity index (χ4v) is 4.09. The van der Waals surface area contributed by atoms with E-state index < -0.39 is 0 Å². The van der Waals surface area contributed by atoms with Crippen molar-refractivity contribution in [3.05, 3.63) is 42.2 Å². The number of rotatable bonds is 2. The summed E-state index contributed by atoms with van der Waals surface area (Å²) >= 11 is 0. The molecule has 0 aromatic carbocycles. The van der Waals surface area contributed by atoms with Crippen LogP contribution in [-0.4, -0.2) is 57.1 Å². The van der Waals surface area contributed by atoms with Crippen molar-refractivity contribution in [1.82, 2.24) is 24.8 Å². The first-order valence-corrected chi connectivity index (χ1v) is 8.01. The van der Waals surface area contributed by atoms with Gasteiger partial charge >= 0.3 is 0 Å². The molecule has 6 heterocycles. The zero-order valence-corrected chi connectivity index (χ0v) is 12.4. The molecule has 0 saturated carbocycles. The maximum Gasteiger partial charge on any atom is 0.145 e. The molecule has 3 saturated heterocycles. The maximum atomic E-state index is 5.89. The Morgan fingerprint density at radius 3 is 2.86 bits per heavy atom. The zero-order chi connectivity index (χ0) is 14.5. The monoisotopic (exact) mass is 297 g/mol. The lowest BCUT2D eigenvalue weighted by Gasteiger charge is -2.48. The number of allylic oxidation sites excluding steroid dienone is 1. The second-order valence-electron chi connectivity index (χ2n) is 6.46. The van der Waals surface area contributed by atoms with Crippen molar-refractivity contribution in [2.75, 3.05) is 26.2 Å². The Balaban J connectivity index is 1.44. The number of hydrogen-bond donors (Lipinski definition) is 0. The minimum Gasteiger partial charge on any atom is -0.485 e. The third kappa shape index (κ3) is 1.83. The molecule has 0 aliphatic carbocycles. The first-order valence-electron chi connectivity index (χ1n) is 8.01. The summed E-state index contributed by atoms with van der Waals surface area (Å²) in [4.78, 5) is 4.94. The van der Waals surface area contributed by atoms with Crippen LogP contribution in [0.5, 0.6) is 0 Å². The predicted octanol–water partition coefficient (Wildman–Crippen LogP) is 1.28. The molecule has 0 spiro atoms. The number of fused-ring (bicyclic) bond motifs is 4. The van der Waals surface area contributed by atoms with Crippen molar-refractivity contribution < 1.29 is 4.74 Å². The first kappa shape index (κ1) is 12.5. The van der Waals surface area contributed by atoms with Crippen LogP contribution in [0, 0.1) is 5.92 Å². The molecule has 6 rings (SSSR count). The van der Waals surface area contributed by atoms with Gasteiger partial charge in [0.2, 0.25) is 0 Å². The Bertz CT molecular complexity index is 667. The molecule has 3 fully saturated rings. The molecule has 0 radical (unpaired) electrons. The minimum atomic E-state index is 0.558. The Morgan fingerprint density at radius 1 is 1.23 bits per heavy atom. The lowest BCUT2D eigenvalue weighted by atomic mass is 9.83. The van der Waals surface area contributed by atoms with E-state index in [2.05, 4.69) is 38.6 Å². The molecular weight excluding hydrogens is 278 g/mol. The van der Waals surface area contributed by atoms with Gasteiger partial charge in [0.05, 0.1) is 18.1 Å². The summed E-state index contributed by atoms with van der Waals surface area (Å²) < 4.78 is 7.68. The van der Waals surface area contributed by atoms with Gasteiger partial charge in [0.25, 0.3) is 0 Å². The van der Waals surface area contributed by atoms with Crippen molar-refractivity contribution in [1.29, 1.82) is 0 Å². The topological polar surface area (TPSA) is 46.4 Å². The normalized spacial score (nSPS) is 33.0. The highest BCUT2D eigenvalue weighted by molar-refractivity contribution is 5.65. The molecule has 5 aliphatic heterocycles. The predicted molar refractivity (Wildman–Crippen MR) is 81.2 cm³/mol. The van der Waals surface area contributed by atoms with Crippen molar-refractivity contribution in [3.63, 3.8) is 0 Å². The zero-order valence-electron chi connectivity index (χ0n) is 12.4. The molecule has 1 aromatic rings. The van der Waals surface area contributed by atoms with E-state index in [9.17, 15) is 0 Å². The Kier molecular flexibility index (Phi) is 2.67. The average Bonchev–Trinajstić information content (AvgIpc) is 3.24. The summed E-state index contributed by atoms with van der Waals surface area (Å²) in [7, 11) is 0. The second kappa shape index (κ2) is 4.71. The molecule has 1 aromatic heterocycles. The van der Waals surface area contributed by atoms with Crippen LogP contribution in [0.4, 0.5) is 0 Å². The van der Waals surface area contributed by atoms with E-state index in [1.54, 1.807) is 10.9 Å². The summed E-state index contributed by atoms with van der Waals surface area (Å²) in [5.41, 5.74) is 2.19. The average molecular weight is 297 g/mol. The molecule has 2 bridgehead atoms. The standard InChI is InChI=1S/C16H19N5O/c1-5-19-6-2-12(1)14(9-19)20-7-3-13-15(11-22-16(13)10-20)21-8-4-17-18-21/h3-4,7-8,10,12,14H,1-2,5-6,9,11H2/t14-/m0/s1. The molecular formula is C16H19N5O. The molecule has 6 heteroatoms. The quantitative estimate of drug-likeness (QED) is 0.823. The van der Waals surface area contributed by atoms with E-state index in [-0.39, 0.29) is 0 Å². The smallest absolute Gasteiger partial charge is 0.145 e. The van der Waals surface area contributed by atoms with Crippen molar-refractivity contribution in [2.45, 2.75) is 18.9 Å². The third-order valence-corrected chi connectivity index (χ3v) is 5.32. The van der Waals surface area contributed by atoms with E-state index in [4.69, 9.17) is 4.74 Å². The lowest BCUT2D eigenvalue weighted by Crippen LogP contribution is -2.55. The summed E-state index contributed by atoms with van der Waals surface area (Å²) in [6.45, 7) is 4.28. The third-order valence-electron chi connectivity index (χ3n) is 5.32. The van der Waals surface area contributed by atoms with Gasteiger partial charge in [-0.25, -0.2) is 4.68 Å². The van der Waals surface area contributed by atoms with Crippen LogP contribution in [0.1, 0.15) is 12.8 Å². The van der Waals surface area contributed by atoms with Gasteiger partial charge in [0.15, 0.2) is 0 Å². The Hall–Kier alpha value is -2.08. The Morgan fingerprint density at radius 2 is 2.14 bits per heavy atom. The highest BCUT2D eigenvalue weighted by atomic mass is 16.5. The summed E-state index contributed by atoms with van der Waals surface area (Å²) in [6.07, 6.45) is 12.8. The SMILES string of the molecule is C1=CN([C@H]2CN3CCC2CC3)C=C2OCC(n3ccnn3)=C12. The van der Waals surface area contributed by atoms with Gasteiger partial charge in [0, 0.05) is 30.6 Å². The van der Waals surface area contributed by atoms with Crippen molar-refractivity contribution in [3.8, 4) is 0 Å². The summed E-state index contributed by atoms with van der Waals surface area (Å²) in [6, 6.07) is 0.590. The highest BCUT2D eigenvalue weighted by Gasteiger charge is 2.37. The second-order valence-corrected chi connectivity index (χ2v) is 6.46. The Labute approximate surface area is 129 Å². The van der Waals surface area contributed by atoms with Crippen LogP contribution in [0.15, 0.2) is 42.2 Å². The molecule has 1 atom stereocenters. The molecule has 0 N–H and O–H groups in total. The van der Waals surface area contributed by atoms with Crippen LogP contribution < -0.4 is 0 Å². The van der Waals surface area contributed by atoms with E-state index in [0.717, 1.165) is 22.9 Å². The van der Waals surface area contributed by atoms with Gasteiger partial charge in [-0.05, 0) is 37.9 Å². The van der Waals surface area contributed by atoms with E-state index in [0.29, 0.717) is 12.6 Å². The van der Waals surface area contributed by atoms with Crippen molar-refractivity contribution in [2.24, 2.45) is 5.92 Å². The van der Waals surface area contributed by atoms with Gasteiger partial charge in [-0.1, -0.05) is 5.21 Å². The van der Waals surface area contributed by atoms with Gasteiger partial charge in [-0.2, -0.15) is 0 Å². The fourth-order valence-electron chi connectivity index (χ4n) is 4.09. The van der Waals surface area contributed by atoms with Gasteiger partial charge < -0.3 is 14.5 Å². The van der Waals surface area contributed by atoms with E-state index in [1.807, 2.05) is 6.20 Å². The highest BCUT2D eigenvalue weighted by Crippen LogP contribution is 2.36. The van der Waals surface area contributed by atoms with Crippen LogP contribution >= 0.6 is 0 Å². The summed E-state index contributed by atoms with van der Waals surface area (Å²) in [5, 5.41) is 7.96. The summed E-state index contributed by atoms with van der Waals surface area (Å²) in [5.74, 6) is 1.78. The number of aromatic nitrogens is 3. The molecule has 114 valence electrons. The number of hydrogen-bond acceptors (Lipinski definition) is 5. The number of piperidine rings is 3. The number of nitrogens with zero attached hydrogens (tertiary/aromatic N) is 5. The molecule has 5 aliphatic rings. The maximum absolute atomic E-state index is 5.89. The van der Waals surface area contributed by atoms with E-state index in [1.165, 1.54) is 32.5 Å². The largest absolute Gasteiger partial charge is 0.485 e. The first-order chi connectivity index (χ1) is 10.9. The molecule has 6 nitrogen and oxygen atoms in total.